The SMILES string of the molecule is CC(C)(C)CC(C)(C)NC(=O)CCCNC(=O)C(C)(C)C. The molecule has 0 aromatic carbocycles. The molecule has 0 fully saturated rings. The van der Waals surface area contributed by atoms with Crippen molar-refractivity contribution < 1.29 is 9.59 Å². The van der Waals surface area contributed by atoms with E-state index in [-0.39, 0.29) is 28.2 Å². The first-order chi connectivity index (χ1) is 9.23. The summed E-state index contributed by atoms with van der Waals surface area (Å²) in [7, 11) is 0. The third-order valence-electron chi connectivity index (χ3n) is 3.00. The molecule has 2 N–H and O–H groups in total. The fourth-order valence-corrected chi connectivity index (χ4v) is 2.53. The lowest BCUT2D eigenvalue weighted by atomic mass is 9.82. The van der Waals surface area contributed by atoms with Gasteiger partial charge >= 0.3 is 0 Å². The number of amides is 2. The highest BCUT2D eigenvalue weighted by Gasteiger charge is 2.26. The molecule has 0 rings (SSSR count). The Kier molecular flexibility index (Phi) is 6.91. The lowest BCUT2D eigenvalue weighted by Gasteiger charge is -2.33. The molecule has 4 nitrogen and oxygen atoms in total. The monoisotopic (exact) mass is 298 g/mol. The fourth-order valence-electron chi connectivity index (χ4n) is 2.53. The second kappa shape index (κ2) is 7.28. The van der Waals surface area contributed by atoms with Gasteiger partial charge in [-0.1, -0.05) is 41.5 Å². The standard InChI is InChI=1S/C17H34N2O2/c1-15(2,3)12-17(7,8)19-13(20)10-9-11-18-14(21)16(4,5)6/h9-12H2,1-8H3,(H,18,21)(H,19,20). The van der Waals surface area contributed by atoms with E-state index in [2.05, 4.69) is 45.3 Å². The van der Waals surface area contributed by atoms with Crippen LogP contribution in [-0.2, 0) is 9.59 Å². The Hall–Kier alpha value is -1.06. The Bertz CT molecular complexity index is 360. The molecule has 0 aromatic rings. The summed E-state index contributed by atoms with van der Waals surface area (Å²) in [6.45, 7) is 16.8. The van der Waals surface area contributed by atoms with E-state index in [1.54, 1.807) is 0 Å². The molecule has 0 spiro atoms. The van der Waals surface area contributed by atoms with Crippen LogP contribution in [-0.4, -0.2) is 23.9 Å². The molecule has 0 radical (unpaired) electrons. The van der Waals surface area contributed by atoms with E-state index in [9.17, 15) is 9.59 Å². The van der Waals surface area contributed by atoms with E-state index >= 15 is 0 Å². The predicted molar refractivity (Wildman–Crippen MR) is 88.0 cm³/mol. The average Bonchev–Trinajstić information content (AvgIpc) is 2.17. The van der Waals surface area contributed by atoms with Crippen molar-refractivity contribution in [3.63, 3.8) is 0 Å². The molecule has 0 aliphatic rings. The molecule has 0 bridgehead atoms. The zero-order valence-corrected chi connectivity index (χ0v) is 15.1. The van der Waals surface area contributed by atoms with Crippen LogP contribution in [0.4, 0.5) is 0 Å². The molecule has 2 amide bonds. The third kappa shape index (κ3) is 10.3. The second-order valence-corrected chi connectivity index (χ2v) is 8.78. The van der Waals surface area contributed by atoms with Crippen LogP contribution in [0.2, 0.25) is 0 Å². The number of hydrogen-bond acceptors (Lipinski definition) is 2. The van der Waals surface area contributed by atoms with Crippen molar-refractivity contribution in [3.05, 3.63) is 0 Å². The number of hydrogen-bond donors (Lipinski definition) is 2. The maximum Gasteiger partial charge on any atom is 0.225 e. The number of carbonyl (C=O) groups excluding carboxylic acids is 2. The summed E-state index contributed by atoms with van der Waals surface area (Å²) in [5.74, 6) is 0.0743. The van der Waals surface area contributed by atoms with E-state index in [1.807, 2.05) is 20.8 Å². The summed E-state index contributed by atoms with van der Waals surface area (Å²) in [5, 5.41) is 5.94. The molecule has 124 valence electrons. The van der Waals surface area contributed by atoms with Crippen molar-refractivity contribution >= 4 is 11.8 Å². The highest BCUT2D eigenvalue weighted by atomic mass is 16.2. The molecular weight excluding hydrogens is 264 g/mol. The zero-order valence-electron chi connectivity index (χ0n) is 15.1. The van der Waals surface area contributed by atoms with Gasteiger partial charge in [0, 0.05) is 23.9 Å². The molecule has 0 heterocycles. The van der Waals surface area contributed by atoms with Gasteiger partial charge in [-0.25, -0.2) is 0 Å². The topological polar surface area (TPSA) is 58.2 Å². The molecule has 0 aromatic heterocycles. The molecule has 21 heavy (non-hydrogen) atoms. The van der Waals surface area contributed by atoms with E-state index in [1.165, 1.54) is 0 Å². The normalized spacial score (nSPS) is 13.0. The minimum absolute atomic E-state index is 0.0240. The molecule has 0 saturated carbocycles. The van der Waals surface area contributed by atoms with Crippen molar-refractivity contribution in [2.75, 3.05) is 6.54 Å². The van der Waals surface area contributed by atoms with Gasteiger partial charge in [0.05, 0.1) is 0 Å². The van der Waals surface area contributed by atoms with Crippen LogP contribution in [0, 0.1) is 10.8 Å². The van der Waals surface area contributed by atoms with Crippen LogP contribution < -0.4 is 10.6 Å². The van der Waals surface area contributed by atoms with Crippen molar-refractivity contribution in [1.29, 1.82) is 0 Å². The molecule has 0 aliphatic carbocycles. The van der Waals surface area contributed by atoms with Gasteiger partial charge in [0.1, 0.15) is 0 Å². The van der Waals surface area contributed by atoms with E-state index in [0.29, 0.717) is 19.4 Å². The average molecular weight is 298 g/mol. The van der Waals surface area contributed by atoms with Crippen molar-refractivity contribution in [2.45, 2.75) is 80.2 Å². The predicted octanol–water partition coefficient (Wildman–Crippen LogP) is 3.26. The minimum Gasteiger partial charge on any atom is -0.356 e. The Balaban J connectivity index is 4.04. The number of rotatable bonds is 6. The molecule has 4 heteroatoms. The summed E-state index contributed by atoms with van der Waals surface area (Å²) in [4.78, 5) is 23.6. The van der Waals surface area contributed by atoms with E-state index in [4.69, 9.17) is 0 Å². The van der Waals surface area contributed by atoms with Crippen molar-refractivity contribution in [3.8, 4) is 0 Å². The van der Waals surface area contributed by atoms with Crippen LogP contribution in [0.15, 0.2) is 0 Å². The Morgan fingerprint density at radius 3 is 1.86 bits per heavy atom. The first kappa shape index (κ1) is 19.9. The van der Waals surface area contributed by atoms with Crippen LogP contribution in [0.25, 0.3) is 0 Å². The highest BCUT2D eigenvalue weighted by Crippen LogP contribution is 2.26. The van der Waals surface area contributed by atoms with Crippen molar-refractivity contribution in [1.82, 2.24) is 10.6 Å². The summed E-state index contributed by atoms with van der Waals surface area (Å²) in [6.07, 6.45) is 2.03. The van der Waals surface area contributed by atoms with Crippen LogP contribution in [0.3, 0.4) is 0 Å². The van der Waals surface area contributed by atoms with Crippen LogP contribution in [0.5, 0.6) is 0 Å². The van der Waals surface area contributed by atoms with E-state index < -0.39 is 0 Å². The fraction of sp³-hybridized carbons (Fsp3) is 0.882. The smallest absolute Gasteiger partial charge is 0.225 e. The second-order valence-electron chi connectivity index (χ2n) is 8.78. The highest BCUT2D eigenvalue weighted by molar-refractivity contribution is 5.81. The molecular formula is C17H34N2O2. The van der Waals surface area contributed by atoms with Gasteiger partial charge in [0.25, 0.3) is 0 Å². The minimum atomic E-state index is -0.378. The molecule has 0 unspecified atom stereocenters. The first-order valence-corrected chi connectivity index (χ1v) is 7.82. The Morgan fingerprint density at radius 1 is 0.905 bits per heavy atom. The van der Waals surface area contributed by atoms with Gasteiger partial charge in [-0.15, -0.1) is 0 Å². The zero-order chi connectivity index (χ0) is 16.9. The van der Waals surface area contributed by atoms with Crippen molar-refractivity contribution in [2.24, 2.45) is 10.8 Å². The third-order valence-corrected chi connectivity index (χ3v) is 3.00. The molecule has 0 atom stereocenters. The summed E-state index contributed by atoms with van der Waals surface area (Å²) >= 11 is 0. The van der Waals surface area contributed by atoms with E-state index in [0.717, 1.165) is 6.42 Å². The lowest BCUT2D eigenvalue weighted by molar-refractivity contribution is -0.129. The summed E-state index contributed by atoms with van der Waals surface area (Å²) in [5.41, 5.74) is -0.404. The van der Waals surface area contributed by atoms with Gasteiger partial charge < -0.3 is 10.6 Å². The Morgan fingerprint density at radius 2 is 1.43 bits per heavy atom. The van der Waals surface area contributed by atoms with Gasteiger partial charge in [0.2, 0.25) is 11.8 Å². The van der Waals surface area contributed by atoms with Crippen LogP contribution >= 0.6 is 0 Å². The number of nitrogens with one attached hydrogen (secondary N) is 2. The van der Waals surface area contributed by atoms with Crippen LogP contribution in [0.1, 0.15) is 74.7 Å². The van der Waals surface area contributed by atoms with Gasteiger partial charge in [-0.2, -0.15) is 0 Å². The maximum absolute atomic E-state index is 12.0. The molecule has 0 aliphatic heterocycles. The Labute approximate surface area is 130 Å². The maximum atomic E-state index is 12.0. The summed E-state index contributed by atoms with van der Waals surface area (Å²) in [6, 6.07) is 0. The molecule has 0 saturated heterocycles. The summed E-state index contributed by atoms with van der Waals surface area (Å²) < 4.78 is 0. The van der Waals surface area contributed by atoms with Gasteiger partial charge in [-0.3, -0.25) is 9.59 Å². The quantitative estimate of drug-likeness (QED) is 0.739. The largest absolute Gasteiger partial charge is 0.356 e. The van der Waals surface area contributed by atoms with Gasteiger partial charge in [-0.05, 0) is 32.1 Å². The lowest BCUT2D eigenvalue weighted by Crippen LogP contribution is -2.46. The number of carbonyl (C=O) groups is 2. The van der Waals surface area contributed by atoms with Gasteiger partial charge in [0.15, 0.2) is 0 Å². The first-order valence-electron chi connectivity index (χ1n) is 7.82.